The number of carboxylic acids is 1. The van der Waals surface area contributed by atoms with Crippen LogP contribution in [0.4, 0.5) is 0 Å². The zero-order chi connectivity index (χ0) is 10.1. The van der Waals surface area contributed by atoms with E-state index in [1.54, 1.807) is 18.9 Å². The fraction of sp³-hybridized carbons (Fsp3) is 0.875. The summed E-state index contributed by atoms with van der Waals surface area (Å²) in [6.45, 7) is 3.89. The first-order chi connectivity index (χ1) is 5.97. The predicted octanol–water partition coefficient (Wildman–Crippen LogP) is 0.527. The Morgan fingerprint density at radius 2 is 2.31 bits per heavy atom. The maximum absolute atomic E-state index is 10.6. The third-order valence-electron chi connectivity index (χ3n) is 2.24. The molecule has 1 aliphatic rings. The molecule has 1 rings (SSSR count). The fourth-order valence-electron chi connectivity index (χ4n) is 1.12. The third kappa shape index (κ3) is 2.36. The van der Waals surface area contributed by atoms with Crippen LogP contribution in [0.1, 0.15) is 13.8 Å². The van der Waals surface area contributed by atoms with Crippen molar-refractivity contribution >= 4 is 17.7 Å². The zero-order valence-electron chi connectivity index (χ0n) is 8.03. The monoisotopic (exact) mass is 205 g/mol. The van der Waals surface area contributed by atoms with E-state index >= 15 is 0 Å². The summed E-state index contributed by atoms with van der Waals surface area (Å²) in [5.41, 5.74) is -0.325. The number of thioether (sulfide) groups is 1. The van der Waals surface area contributed by atoms with Gasteiger partial charge in [0.15, 0.2) is 0 Å². The number of methoxy groups -OCH3 is 1. The van der Waals surface area contributed by atoms with Gasteiger partial charge in [-0.05, 0) is 13.8 Å². The highest BCUT2D eigenvalue weighted by molar-refractivity contribution is 8.00. The Morgan fingerprint density at radius 3 is 2.69 bits per heavy atom. The number of aliphatic carboxylic acids is 1. The van der Waals surface area contributed by atoms with E-state index < -0.39 is 12.0 Å². The quantitative estimate of drug-likeness (QED) is 0.703. The highest BCUT2D eigenvalue weighted by Crippen LogP contribution is 2.29. The molecular formula is C8H15NO3S. The van der Waals surface area contributed by atoms with Gasteiger partial charge in [-0.2, -0.15) is 0 Å². The minimum absolute atomic E-state index is 0.0543. The number of carbonyl (C=O) groups is 1. The van der Waals surface area contributed by atoms with Crippen molar-refractivity contribution < 1.29 is 14.6 Å². The second-order valence-corrected chi connectivity index (χ2v) is 4.72. The molecule has 0 saturated carbocycles. The predicted molar refractivity (Wildman–Crippen MR) is 51.9 cm³/mol. The van der Waals surface area contributed by atoms with Crippen LogP contribution in [-0.4, -0.2) is 41.0 Å². The summed E-state index contributed by atoms with van der Waals surface area (Å²) in [4.78, 5) is 10.6. The van der Waals surface area contributed by atoms with Crippen LogP contribution >= 0.6 is 11.8 Å². The lowest BCUT2D eigenvalue weighted by molar-refractivity contribution is -0.138. The number of nitrogens with one attached hydrogen (secondary N) is 1. The summed E-state index contributed by atoms with van der Waals surface area (Å²) < 4.78 is 5.27. The number of carboxylic acid groups (broad SMARTS) is 1. The van der Waals surface area contributed by atoms with E-state index in [9.17, 15) is 4.79 Å². The van der Waals surface area contributed by atoms with Gasteiger partial charge in [-0.1, -0.05) is 0 Å². The van der Waals surface area contributed by atoms with Gasteiger partial charge in [0, 0.05) is 12.9 Å². The van der Waals surface area contributed by atoms with Gasteiger partial charge in [0.2, 0.25) is 0 Å². The maximum Gasteiger partial charge on any atom is 0.321 e. The van der Waals surface area contributed by atoms with Crippen molar-refractivity contribution in [1.29, 1.82) is 0 Å². The van der Waals surface area contributed by atoms with Crippen molar-refractivity contribution in [3.63, 3.8) is 0 Å². The van der Waals surface area contributed by atoms with E-state index in [-0.39, 0.29) is 11.0 Å². The van der Waals surface area contributed by atoms with E-state index in [2.05, 4.69) is 5.32 Å². The summed E-state index contributed by atoms with van der Waals surface area (Å²) in [6.07, 6.45) is 0. The van der Waals surface area contributed by atoms with Gasteiger partial charge in [0.1, 0.15) is 6.04 Å². The Labute approximate surface area is 82.0 Å². The van der Waals surface area contributed by atoms with E-state index in [0.29, 0.717) is 5.75 Å². The molecule has 1 unspecified atom stereocenters. The Balaban J connectivity index is 2.54. The second-order valence-electron chi connectivity index (χ2n) is 3.58. The molecule has 2 atom stereocenters. The van der Waals surface area contributed by atoms with Gasteiger partial charge in [-0.15, -0.1) is 11.8 Å². The molecule has 1 aliphatic heterocycles. The van der Waals surface area contributed by atoms with Crippen LogP contribution in [0.5, 0.6) is 0 Å². The first-order valence-corrected chi connectivity index (χ1v) is 5.18. The van der Waals surface area contributed by atoms with Gasteiger partial charge in [0.25, 0.3) is 0 Å². The lowest BCUT2D eigenvalue weighted by Gasteiger charge is -2.29. The molecule has 76 valence electrons. The molecule has 0 aliphatic carbocycles. The number of ether oxygens (including phenoxy) is 1. The molecule has 0 aromatic rings. The molecule has 0 aromatic heterocycles. The summed E-state index contributed by atoms with van der Waals surface area (Å²) in [7, 11) is 1.64. The van der Waals surface area contributed by atoms with E-state index in [1.165, 1.54) is 0 Å². The van der Waals surface area contributed by atoms with Gasteiger partial charge < -0.3 is 9.84 Å². The third-order valence-corrected chi connectivity index (χ3v) is 3.80. The van der Waals surface area contributed by atoms with Crippen LogP contribution in [0.3, 0.4) is 0 Å². The Hall–Kier alpha value is -0.260. The SMILES string of the molecule is COC(C)(C)C1N[C@H](C(=O)O)CS1. The van der Waals surface area contributed by atoms with Crippen LogP contribution in [0, 0.1) is 0 Å². The Kier molecular flexibility index (Phi) is 3.21. The maximum atomic E-state index is 10.6. The van der Waals surface area contributed by atoms with Crippen molar-refractivity contribution in [1.82, 2.24) is 5.32 Å². The first kappa shape index (κ1) is 10.8. The second kappa shape index (κ2) is 3.86. The summed E-state index contributed by atoms with van der Waals surface area (Å²) in [5, 5.41) is 11.8. The standard InChI is InChI=1S/C8H15NO3S/c1-8(2,12-3)7-9-5(4-13-7)6(10)11/h5,7,9H,4H2,1-3H3,(H,10,11)/t5-,7?/m0/s1. The zero-order valence-corrected chi connectivity index (χ0v) is 8.85. The summed E-state index contributed by atoms with van der Waals surface area (Å²) in [5.74, 6) is -0.186. The van der Waals surface area contributed by atoms with Gasteiger partial charge in [-0.3, -0.25) is 10.1 Å². The average molecular weight is 205 g/mol. The highest BCUT2D eigenvalue weighted by atomic mass is 32.2. The lowest BCUT2D eigenvalue weighted by atomic mass is 10.1. The van der Waals surface area contributed by atoms with Crippen molar-refractivity contribution in [2.24, 2.45) is 0 Å². The topological polar surface area (TPSA) is 58.6 Å². The smallest absolute Gasteiger partial charge is 0.321 e. The Morgan fingerprint density at radius 1 is 1.69 bits per heavy atom. The molecule has 1 heterocycles. The van der Waals surface area contributed by atoms with Crippen LogP contribution in [0.15, 0.2) is 0 Å². The van der Waals surface area contributed by atoms with E-state index in [4.69, 9.17) is 9.84 Å². The molecule has 0 bridgehead atoms. The van der Waals surface area contributed by atoms with Crippen molar-refractivity contribution in [3.05, 3.63) is 0 Å². The van der Waals surface area contributed by atoms with E-state index in [1.807, 2.05) is 13.8 Å². The number of hydrogen-bond acceptors (Lipinski definition) is 4. The molecule has 2 N–H and O–H groups in total. The number of hydrogen-bond donors (Lipinski definition) is 2. The molecule has 1 fully saturated rings. The minimum Gasteiger partial charge on any atom is -0.480 e. The van der Waals surface area contributed by atoms with Crippen LogP contribution in [0.25, 0.3) is 0 Å². The summed E-state index contributed by atoms with van der Waals surface area (Å²) in [6, 6.07) is -0.440. The summed E-state index contributed by atoms with van der Waals surface area (Å²) >= 11 is 1.59. The van der Waals surface area contributed by atoms with Crippen LogP contribution in [0.2, 0.25) is 0 Å². The van der Waals surface area contributed by atoms with Crippen molar-refractivity contribution in [2.45, 2.75) is 30.9 Å². The molecule has 13 heavy (non-hydrogen) atoms. The van der Waals surface area contributed by atoms with Gasteiger partial charge in [0.05, 0.1) is 11.0 Å². The molecule has 0 amide bonds. The molecule has 5 heteroatoms. The molecule has 1 saturated heterocycles. The highest BCUT2D eigenvalue weighted by Gasteiger charge is 2.38. The van der Waals surface area contributed by atoms with Gasteiger partial charge >= 0.3 is 5.97 Å². The molecule has 0 spiro atoms. The largest absolute Gasteiger partial charge is 0.480 e. The van der Waals surface area contributed by atoms with Crippen molar-refractivity contribution in [2.75, 3.05) is 12.9 Å². The Bertz CT molecular complexity index is 208. The van der Waals surface area contributed by atoms with Crippen LogP contribution < -0.4 is 5.32 Å². The molecule has 0 radical (unpaired) electrons. The average Bonchev–Trinajstić information content (AvgIpc) is 2.52. The molecular weight excluding hydrogens is 190 g/mol. The van der Waals surface area contributed by atoms with Crippen molar-refractivity contribution in [3.8, 4) is 0 Å². The van der Waals surface area contributed by atoms with Crippen LogP contribution in [-0.2, 0) is 9.53 Å². The lowest BCUT2D eigenvalue weighted by Crippen LogP contribution is -2.47. The van der Waals surface area contributed by atoms with E-state index in [0.717, 1.165) is 0 Å². The van der Waals surface area contributed by atoms with Gasteiger partial charge in [-0.25, -0.2) is 0 Å². The first-order valence-electron chi connectivity index (χ1n) is 4.13. The molecule has 4 nitrogen and oxygen atoms in total. The number of rotatable bonds is 3. The molecule has 0 aromatic carbocycles. The minimum atomic E-state index is -0.790. The normalized spacial score (nSPS) is 29.2. The fourth-order valence-corrected chi connectivity index (χ4v) is 2.50.